The van der Waals surface area contributed by atoms with E-state index in [9.17, 15) is 0 Å². The highest BCUT2D eigenvalue weighted by atomic mass is 15.1. The summed E-state index contributed by atoms with van der Waals surface area (Å²) < 4.78 is 0. The van der Waals surface area contributed by atoms with Crippen LogP contribution < -0.4 is 10.6 Å². The van der Waals surface area contributed by atoms with E-state index < -0.39 is 0 Å². The van der Waals surface area contributed by atoms with E-state index in [1.54, 1.807) is 0 Å². The second-order valence-electron chi connectivity index (χ2n) is 6.16. The summed E-state index contributed by atoms with van der Waals surface area (Å²) in [5.74, 6) is 0. The summed E-state index contributed by atoms with van der Waals surface area (Å²) in [5.41, 5.74) is 7.33. The van der Waals surface area contributed by atoms with E-state index in [1.807, 2.05) is 14.1 Å². The van der Waals surface area contributed by atoms with Crippen molar-refractivity contribution >= 4 is 5.69 Å². The van der Waals surface area contributed by atoms with Gasteiger partial charge in [0.15, 0.2) is 0 Å². The summed E-state index contributed by atoms with van der Waals surface area (Å²) >= 11 is 0. The molecule has 0 aliphatic rings. The molecule has 0 spiro atoms. The predicted molar refractivity (Wildman–Crippen MR) is 101 cm³/mol. The van der Waals surface area contributed by atoms with Gasteiger partial charge < -0.3 is 10.6 Å². The highest BCUT2D eigenvalue weighted by Gasteiger charge is 2.01. The Bertz CT molecular complexity index is 692. The number of nitrogens with one attached hydrogen (secondary N) is 2. The Balaban J connectivity index is 2.00. The van der Waals surface area contributed by atoms with Gasteiger partial charge in [0.25, 0.3) is 0 Å². The molecule has 0 saturated heterocycles. The monoisotopic (exact) mass is 324 g/mol. The van der Waals surface area contributed by atoms with Crippen molar-refractivity contribution in [2.24, 2.45) is 10.2 Å². The maximum absolute atomic E-state index is 4.44. The van der Waals surface area contributed by atoms with Crippen LogP contribution in [0.1, 0.15) is 27.8 Å². The lowest BCUT2D eigenvalue weighted by Crippen LogP contribution is -2.06. The molecule has 0 aliphatic heterocycles. The molecule has 24 heavy (non-hydrogen) atoms. The van der Waals surface area contributed by atoms with Gasteiger partial charge >= 0.3 is 0 Å². The third-order valence-electron chi connectivity index (χ3n) is 4.11. The third kappa shape index (κ3) is 5.25. The van der Waals surface area contributed by atoms with Crippen LogP contribution in [0.4, 0.5) is 5.69 Å². The summed E-state index contributed by atoms with van der Waals surface area (Å²) in [6, 6.07) is 13.0. The normalized spacial score (nSPS) is 11.3. The molecule has 0 radical (unpaired) electrons. The molecule has 4 heteroatoms. The smallest absolute Gasteiger partial charge is 0.0884 e. The largest absolute Gasteiger partial charge is 0.316 e. The molecular weight excluding hydrogens is 296 g/mol. The van der Waals surface area contributed by atoms with Gasteiger partial charge in [-0.2, -0.15) is 10.2 Å². The molecule has 0 fully saturated rings. The first-order chi connectivity index (χ1) is 11.6. The summed E-state index contributed by atoms with van der Waals surface area (Å²) in [6.07, 6.45) is 0.919. The van der Waals surface area contributed by atoms with Crippen molar-refractivity contribution in [1.29, 1.82) is 0 Å². The van der Waals surface area contributed by atoms with Crippen LogP contribution >= 0.6 is 0 Å². The van der Waals surface area contributed by atoms with Gasteiger partial charge in [0.05, 0.1) is 12.2 Å². The van der Waals surface area contributed by atoms with Crippen molar-refractivity contribution in [3.05, 3.63) is 64.2 Å². The van der Waals surface area contributed by atoms with Crippen LogP contribution in [0, 0.1) is 13.8 Å². The molecule has 2 rings (SSSR count). The van der Waals surface area contributed by atoms with E-state index in [0.29, 0.717) is 6.54 Å². The van der Waals surface area contributed by atoms with E-state index in [2.05, 4.69) is 71.1 Å². The van der Waals surface area contributed by atoms with Crippen LogP contribution in [0.15, 0.2) is 46.6 Å². The topological polar surface area (TPSA) is 48.8 Å². The molecule has 2 aromatic rings. The minimum absolute atomic E-state index is 0.708. The molecule has 0 aromatic heterocycles. The molecule has 0 aliphatic carbocycles. The van der Waals surface area contributed by atoms with Gasteiger partial charge in [-0.3, -0.25) is 0 Å². The maximum Gasteiger partial charge on any atom is 0.0884 e. The Hall–Kier alpha value is -2.04. The average Bonchev–Trinajstić information content (AvgIpc) is 2.57. The van der Waals surface area contributed by atoms with Crippen LogP contribution in [0.5, 0.6) is 0 Å². The molecule has 2 aromatic carbocycles. The van der Waals surface area contributed by atoms with Gasteiger partial charge in [-0.05, 0) is 68.2 Å². The van der Waals surface area contributed by atoms with Gasteiger partial charge in [0, 0.05) is 13.1 Å². The molecule has 0 heterocycles. The van der Waals surface area contributed by atoms with E-state index in [4.69, 9.17) is 0 Å². The quantitative estimate of drug-likeness (QED) is 0.719. The molecule has 0 bridgehead atoms. The Morgan fingerprint density at radius 2 is 1.46 bits per heavy atom. The van der Waals surface area contributed by atoms with Crippen molar-refractivity contribution < 1.29 is 0 Å². The van der Waals surface area contributed by atoms with Crippen LogP contribution in [0.3, 0.4) is 0 Å². The number of rotatable bonds is 8. The third-order valence-corrected chi connectivity index (χ3v) is 4.11. The standard InChI is InChI=1S/C20H28N4/c1-15-5-7-17(13-21-3)11-19(15)9-10-23-24-20-12-18(14-22-4)8-6-16(20)2/h5-8,11-12,21-22H,9-10,13-14H2,1-4H3/b24-23+. The Kier molecular flexibility index (Phi) is 7.09. The van der Waals surface area contributed by atoms with Gasteiger partial charge in [-0.25, -0.2) is 0 Å². The van der Waals surface area contributed by atoms with E-state index in [1.165, 1.54) is 22.3 Å². The van der Waals surface area contributed by atoms with Crippen LogP contribution in [-0.2, 0) is 19.5 Å². The number of aryl methyl sites for hydroxylation is 2. The first-order valence-corrected chi connectivity index (χ1v) is 8.48. The van der Waals surface area contributed by atoms with Crippen molar-refractivity contribution in [2.45, 2.75) is 33.4 Å². The number of azo groups is 1. The second kappa shape index (κ2) is 9.30. The number of hydrogen-bond acceptors (Lipinski definition) is 4. The zero-order valence-corrected chi connectivity index (χ0v) is 15.2. The number of benzene rings is 2. The van der Waals surface area contributed by atoms with E-state index in [-0.39, 0.29) is 0 Å². The highest BCUT2D eigenvalue weighted by molar-refractivity contribution is 5.47. The second-order valence-corrected chi connectivity index (χ2v) is 6.16. The predicted octanol–water partition coefficient (Wildman–Crippen LogP) is 4.07. The number of hydrogen-bond donors (Lipinski definition) is 2. The Morgan fingerprint density at radius 3 is 2.12 bits per heavy atom. The Labute approximate surface area is 145 Å². The molecule has 128 valence electrons. The lowest BCUT2D eigenvalue weighted by Gasteiger charge is -2.07. The van der Waals surface area contributed by atoms with Crippen LogP contribution in [0.2, 0.25) is 0 Å². The fourth-order valence-electron chi connectivity index (χ4n) is 2.68. The first-order valence-electron chi connectivity index (χ1n) is 8.48. The van der Waals surface area contributed by atoms with Crippen molar-refractivity contribution in [3.63, 3.8) is 0 Å². The molecular formula is C20H28N4. The zero-order valence-electron chi connectivity index (χ0n) is 15.2. The van der Waals surface area contributed by atoms with Crippen LogP contribution in [0.25, 0.3) is 0 Å². The summed E-state index contributed by atoms with van der Waals surface area (Å²) in [4.78, 5) is 0. The fraction of sp³-hybridized carbons (Fsp3) is 0.400. The average molecular weight is 324 g/mol. The summed E-state index contributed by atoms with van der Waals surface area (Å²) in [7, 11) is 3.92. The zero-order chi connectivity index (χ0) is 17.4. The maximum atomic E-state index is 4.44. The SMILES string of the molecule is CNCc1ccc(C)c(CC/N=N/c2cc(CNC)ccc2C)c1. The van der Waals surface area contributed by atoms with Gasteiger partial charge in [0.2, 0.25) is 0 Å². The van der Waals surface area contributed by atoms with Crippen LogP contribution in [-0.4, -0.2) is 20.6 Å². The molecule has 0 amide bonds. The minimum atomic E-state index is 0.708. The van der Waals surface area contributed by atoms with Gasteiger partial charge in [-0.1, -0.05) is 30.3 Å². The van der Waals surface area contributed by atoms with E-state index in [0.717, 1.165) is 30.8 Å². The summed E-state index contributed by atoms with van der Waals surface area (Å²) in [5, 5.41) is 15.2. The molecule has 0 atom stereocenters. The lowest BCUT2D eigenvalue weighted by molar-refractivity contribution is 0.811. The fourth-order valence-corrected chi connectivity index (χ4v) is 2.68. The molecule has 0 saturated carbocycles. The van der Waals surface area contributed by atoms with Crippen molar-refractivity contribution in [2.75, 3.05) is 20.6 Å². The first kappa shape index (κ1) is 18.3. The minimum Gasteiger partial charge on any atom is -0.316 e. The van der Waals surface area contributed by atoms with Gasteiger partial charge in [0.1, 0.15) is 0 Å². The highest BCUT2D eigenvalue weighted by Crippen LogP contribution is 2.21. The molecule has 4 nitrogen and oxygen atoms in total. The van der Waals surface area contributed by atoms with E-state index >= 15 is 0 Å². The summed E-state index contributed by atoms with van der Waals surface area (Å²) in [6.45, 7) is 6.68. The van der Waals surface area contributed by atoms with Crippen molar-refractivity contribution in [3.8, 4) is 0 Å². The number of nitrogens with zero attached hydrogens (tertiary/aromatic N) is 2. The van der Waals surface area contributed by atoms with Gasteiger partial charge in [-0.15, -0.1) is 0 Å². The lowest BCUT2D eigenvalue weighted by atomic mass is 10.0. The Morgan fingerprint density at radius 1 is 0.833 bits per heavy atom. The molecule has 2 N–H and O–H groups in total. The van der Waals surface area contributed by atoms with Crippen molar-refractivity contribution in [1.82, 2.24) is 10.6 Å². The molecule has 0 unspecified atom stereocenters.